The lowest BCUT2D eigenvalue weighted by molar-refractivity contribution is -0.161. The Hall–Kier alpha value is -4.28. The molecule has 10 nitrogen and oxygen atoms in total. The summed E-state index contributed by atoms with van der Waals surface area (Å²) in [7, 11) is 0. The van der Waals surface area contributed by atoms with E-state index in [0.29, 0.717) is 31.4 Å². The average molecular weight is 630 g/mol. The number of carbonyl (C=O) groups excluding carboxylic acids is 4. The van der Waals surface area contributed by atoms with Gasteiger partial charge < -0.3 is 29.7 Å². The van der Waals surface area contributed by atoms with E-state index in [-0.39, 0.29) is 37.9 Å². The molecule has 0 aliphatic carbocycles. The fraction of sp³-hybridized carbons (Fsp3) is 0.444. The van der Waals surface area contributed by atoms with Crippen molar-refractivity contribution in [3.05, 3.63) is 97.1 Å². The number of nitrogens with one attached hydrogen (secondary N) is 1. The van der Waals surface area contributed by atoms with Crippen LogP contribution in [0, 0.1) is 11.8 Å². The van der Waals surface area contributed by atoms with Crippen molar-refractivity contribution in [2.45, 2.75) is 69.0 Å². The standard InChI is InChI=1S/C36H43N3O7/c1-4-6-17-29(41)37-21-28(26-15-11-8-12-16-26)45-35(44)30-27-18-19-36(46-27)31(30)33(42)39(24(3)23-40)32(36)34(43)38(20-5-2)22-25-13-9-7-10-14-25/h4-5,7-16,24,27-28,30-32,40H,1-2,6,17-23H2,3H3,(H,37,41)/t24-,27-,28+,30+,31+,32-,36+/m1/s1. The molecule has 3 fully saturated rings. The molecule has 46 heavy (non-hydrogen) atoms. The molecule has 0 aromatic heterocycles. The fourth-order valence-electron chi connectivity index (χ4n) is 7.21. The largest absolute Gasteiger partial charge is 0.455 e. The lowest BCUT2D eigenvalue weighted by Gasteiger charge is -2.38. The predicted molar refractivity (Wildman–Crippen MR) is 171 cm³/mol. The molecule has 3 aliphatic rings. The summed E-state index contributed by atoms with van der Waals surface area (Å²) in [5.41, 5.74) is 0.365. The minimum absolute atomic E-state index is 0.0541. The smallest absolute Gasteiger partial charge is 0.313 e. The first kappa shape index (κ1) is 33.1. The quantitative estimate of drug-likeness (QED) is 0.229. The van der Waals surface area contributed by atoms with E-state index in [1.54, 1.807) is 24.0 Å². The van der Waals surface area contributed by atoms with Crippen molar-refractivity contribution in [2.75, 3.05) is 19.7 Å². The summed E-state index contributed by atoms with van der Waals surface area (Å²) in [6, 6.07) is 16.9. The molecule has 3 amide bonds. The number of esters is 1. The summed E-state index contributed by atoms with van der Waals surface area (Å²) < 4.78 is 12.6. The predicted octanol–water partition coefficient (Wildman–Crippen LogP) is 3.32. The molecule has 0 saturated carbocycles. The third kappa shape index (κ3) is 6.37. The summed E-state index contributed by atoms with van der Waals surface area (Å²) in [6.07, 6.45) is 3.57. The minimum Gasteiger partial charge on any atom is -0.455 e. The molecule has 2 aromatic carbocycles. The van der Waals surface area contributed by atoms with Gasteiger partial charge in [-0.3, -0.25) is 19.2 Å². The lowest BCUT2D eigenvalue weighted by atomic mass is 9.70. The maximum absolute atomic E-state index is 14.5. The third-order valence-electron chi connectivity index (χ3n) is 9.35. The molecule has 7 atom stereocenters. The van der Waals surface area contributed by atoms with Crippen molar-refractivity contribution >= 4 is 23.7 Å². The molecule has 0 unspecified atom stereocenters. The van der Waals surface area contributed by atoms with Crippen LogP contribution in [0.25, 0.3) is 0 Å². The number of carbonyl (C=O) groups is 4. The second kappa shape index (κ2) is 14.4. The number of allylic oxidation sites excluding steroid dienone is 1. The van der Waals surface area contributed by atoms with Gasteiger partial charge >= 0.3 is 5.97 Å². The highest BCUT2D eigenvalue weighted by atomic mass is 16.6. The molecule has 3 saturated heterocycles. The summed E-state index contributed by atoms with van der Waals surface area (Å²) in [6.45, 7) is 9.41. The number of ether oxygens (including phenoxy) is 2. The number of likely N-dealkylation sites (tertiary alicyclic amines) is 1. The van der Waals surface area contributed by atoms with Crippen LogP contribution < -0.4 is 5.32 Å². The van der Waals surface area contributed by atoms with Gasteiger partial charge in [0, 0.05) is 19.5 Å². The van der Waals surface area contributed by atoms with Gasteiger partial charge in [-0.2, -0.15) is 0 Å². The van der Waals surface area contributed by atoms with Gasteiger partial charge in [-0.1, -0.05) is 72.8 Å². The van der Waals surface area contributed by atoms with Gasteiger partial charge in [0.25, 0.3) is 0 Å². The number of rotatable bonds is 15. The molecule has 3 heterocycles. The first-order valence-electron chi connectivity index (χ1n) is 15.9. The third-order valence-corrected chi connectivity index (χ3v) is 9.35. The van der Waals surface area contributed by atoms with Crippen LogP contribution in [0.2, 0.25) is 0 Å². The van der Waals surface area contributed by atoms with Gasteiger partial charge in [0.05, 0.1) is 37.1 Å². The molecule has 2 N–H and O–H groups in total. The van der Waals surface area contributed by atoms with Gasteiger partial charge in [-0.25, -0.2) is 0 Å². The van der Waals surface area contributed by atoms with Gasteiger partial charge in [0.1, 0.15) is 17.7 Å². The van der Waals surface area contributed by atoms with E-state index in [2.05, 4.69) is 18.5 Å². The monoisotopic (exact) mass is 629 g/mol. The number of hydrogen-bond donors (Lipinski definition) is 2. The van der Waals surface area contributed by atoms with E-state index in [4.69, 9.17) is 9.47 Å². The Labute approximate surface area is 270 Å². The molecule has 244 valence electrons. The number of amides is 3. The Morgan fingerprint density at radius 2 is 1.83 bits per heavy atom. The van der Waals surface area contributed by atoms with E-state index >= 15 is 0 Å². The zero-order chi connectivity index (χ0) is 32.8. The number of benzene rings is 2. The van der Waals surface area contributed by atoms with Gasteiger partial charge in [0.2, 0.25) is 17.7 Å². The second-order valence-corrected chi connectivity index (χ2v) is 12.3. The normalized spacial score (nSPS) is 25.8. The van der Waals surface area contributed by atoms with Crippen molar-refractivity contribution in [1.82, 2.24) is 15.1 Å². The van der Waals surface area contributed by atoms with Crippen LogP contribution in [0.15, 0.2) is 86.0 Å². The van der Waals surface area contributed by atoms with Crippen LogP contribution in [-0.2, 0) is 35.2 Å². The van der Waals surface area contributed by atoms with Crippen LogP contribution in [0.3, 0.4) is 0 Å². The topological polar surface area (TPSA) is 125 Å². The highest BCUT2D eigenvalue weighted by Gasteiger charge is 2.75. The van der Waals surface area contributed by atoms with Crippen LogP contribution in [-0.4, -0.2) is 82.1 Å². The van der Waals surface area contributed by atoms with Crippen LogP contribution >= 0.6 is 0 Å². The van der Waals surface area contributed by atoms with E-state index in [0.717, 1.165) is 5.56 Å². The highest BCUT2D eigenvalue weighted by molar-refractivity contribution is 5.98. The highest BCUT2D eigenvalue weighted by Crippen LogP contribution is 2.59. The van der Waals surface area contributed by atoms with Crippen LogP contribution in [0.4, 0.5) is 0 Å². The van der Waals surface area contributed by atoms with E-state index in [1.807, 2.05) is 60.7 Å². The first-order chi connectivity index (χ1) is 22.2. The summed E-state index contributed by atoms with van der Waals surface area (Å²) in [4.78, 5) is 58.3. The molecular weight excluding hydrogens is 586 g/mol. The van der Waals surface area contributed by atoms with E-state index in [1.165, 1.54) is 4.90 Å². The Morgan fingerprint density at radius 1 is 1.13 bits per heavy atom. The molecule has 3 aliphatic heterocycles. The van der Waals surface area contributed by atoms with E-state index in [9.17, 15) is 24.3 Å². The van der Waals surface area contributed by atoms with Gasteiger partial charge in [-0.05, 0) is 37.3 Å². The first-order valence-corrected chi connectivity index (χ1v) is 15.9. The Balaban J connectivity index is 1.43. The number of aliphatic hydroxyl groups is 1. The maximum atomic E-state index is 14.5. The molecule has 10 heteroatoms. The van der Waals surface area contributed by atoms with Gasteiger partial charge in [0.15, 0.2) is 0 Å². The van der Waals surface area contributed by atoms with Crippen LogP contribution in [0.5, 0.6) is 0 Å². The SMILES string of the molecule is C=CCCC(=O)NC[C@H](OC(=O)[C@@H]1[C@H]2C(=O)N([C@H](C)CO)[C@H](C(=O)N(CC=C)Cc3ccccc3)[C@]23CC[C@H]1O3)c1ccccc1. The van der Waals surface area contributed by atoms with Crippen molar-refractivity contribution in [3.63, 3.8) is 0 Å². The zero-order valence-corrected chi connectivity index (χ0v) is 26.3. The molecule has 2 aromatic rings. The Morgan fingerprint density at radius 3 is 2.48 bits per heavy atom. The van der Waals surface area contributed by atoms with Crippen molar-refractivity contribution < 1.29 is 33.8 Å². The lowest BCUT2D eigenvalue weighted by Crippen LogP contribution is -2.58. The molecule has 2 bridgehead atoms. The molecule has 1 spiro atoms. The van der Waals surface area contributed by atoms with Crippen molar-refractivity contribution in [3.8, 4) is 0 Å². The molecular formula is C36H43N3O7. The van der Waals surface area contributed by atoms with E-state index < -0.39 is 53.6 Å². The Bertz CT molecular complexity index is 1430. The molecule has 5 rings (SSSR count). The number of fused-ring (bicyclic) bond motifs is 1. The average Bonchev–Trinajstić information content (AvgIpc) is 3.73. The number of hydrogen-bond acceptors (Lipinski definition) is 7. The van der Waals surface area contributed by atoms with Crippen LogP contribution in [0.1, 0.15) is 49.8 Å². The zero-order valence-electron chi connectivity index (χ0n) is 26.3. The fourth-order valence-corrected chi connectivity index (χ4v) is 7.21. The number of nitrogens with zero attached hydrogens (tertiary/aromatic N) is 2. The van der Waals surface area contributed by atoms with Crippen molar-refractivity contribution in [2.24, 2.45) is 11.8 Å². The second-order valence-electron chi connectivity index (χ2n) is 12.3. The summed E-state index contributed by atoms with van der Waals surface area (Å²) >= 11 is 0. The summed E-state index contributed by atoms with van der Waals surface area (Å²) in [5, 5.41) is 13.0. The Kier molecular flexibility index (Phi) is 10.4. The maximum Gasteiger partial charge on any atom is 0.313 e. The van der Waals surface area contributed by atoms with Gasteiger partial charge in [-0.15, -0.1) is 13.2 Å². The molecule has 0 radical (unpaired) electrons. The number of aliphatic hydroxyl groups excluding tert-OH is 1. The van der Waals surface area contributed by atoms with Crippen molar-refractivity contribution in [1.29, 1.82) is 0 Å². The minimum atomic E-state index is -1.25. The summed E-state index contributed by atoms with van der Waals surface area (Å²) in [5.74, 6) is -3.44.